The first-order valence-corrected chi connectivity index (χ1v) is 10.2. The van der Waals surface area contributed by atoms with E-state index in [4.69, 9.17) is 4.74 Å². The van der Waals surface area contributed by atoms with E-state index in [9.17, 15) is 19.5 Å². The number of ether oxygens (including phenoxy) is 1. The van der Waals surface area contributed by atoms with Crippen molar-refractivity contribution in [2.24, 2.45) is 5.92 Å². The van der Waals surface area contributed by atoms with Gasteiger partial charge in [-0.15, -0.1) is 0 Å². The number of carbonyl (C=O) groups is 3. The van der Waals surface area contributed by atoms with Crippen molar-refractivity contribution in [3.05, 3.63) is 54.1 Å². The largest absolute Gasteiger partial charge is 0.484 e. The maximum atomic E-state index is 12.3. The zero-order valence-electron chi connectivity index (χ0n) is 17.6. The number of benzene rings is 2. The van der Waals surface area contributed by atoms with Crippen LogP contribution in [0.5, 0.6) is 5.75 Å². The van der Waals surface area contributed by atoms with E-state index in [1.807, 2.05) is 31.2 Å². The molecule has 0 aromatic heterocycles. The van der Waals surface area contributed by atoms with Crippen molar-refractivity contribution < 1.29 is 24.2 Å². The Morgan fingerprint density at radius 1 is 1.19 bits per heavy atom. The van der Waals surface area contributed by atoms with E-state index in [0.717, 1.165) is 11.3 Å². The zero-order chi connectivity index (χ0) is 22.4. The molecule has 8 heteroatoms. The van der Waals surface area contributed by atoms with E-state index in [-0.39, 0.29) is 43.8 Å². The molecular weight excluding hydrogens is 398 g/mol. The van der Waals surface area contributed by atoms with Crippen molar-refractivity contribution in [1.82, 2.24) is 5.32 Å². The van der Waals surface area contributed by atoms with E-state index >= 15 is 0 Å². The number of carbonyl (C=O) groups excluding carboxylic acids is 3. The first-order chi connectivity index (χ1) is 14.8. The van der Waals surface area contributed by atoms with Crippen LogP contribution in [0.15, 0.2) is 48.5 Å². The van der Waals surface area contributed by atoms with Gasteiger partial charge in [0.05, 0.1) is 12.0 Å². The molecule has 1 aliphatic rings. The molecule has 2 aromatic carbocycles. The van der Waals surface area contributed by atoms with Crippen LogP contribution >= 0.6 is 0 Å². The second kappa shape index (κ2) is 10.1. The normalized spacial score (nSPS) is 16.7. The second-order valence-corrected chi connectivity index (χ2v) is 7.65. The smallest absolute Gasteiger partial charge is 0.262 e. The van der Waals surface area contributed by atoms with Gasteiger partial charge in [0.15, 0.2) is 6.61 Å². The van der Waals surface area contributed by atoms with Crippen LogP contribution in [0, 0.1) is 12.8 Å². The highest BCUT2D eigenvalue weighted by Gasteiger charge is 2.35. The first-order valence-electron chi connectivity index (χ1n) is 10.2. The third kappa shape index (κ3) is 6.05. The minimum atomic E-state index is -0.636. The van der Waals surface area contributed by atoms with Crippen molar-refractivity contribution in [3.63, 3.8) is 0 Å². The Bertz CT molecular complexity index is 942. The molecular formula is C23H27N3O5. The van der Waals surface area contributed by atoms with Gasteiger partial charge in [-0.05, 0) is 49.7 Å². The molecule has 2 aromatic rings. The third-order valence-corrected chi connectivity index (χ3v) is 5.01. The molecule has 1 saturated heterocycles. The molecule has 8 nitrogen and oxygen atoms in total. The lowest BCUT2D eigenvalue weighted by Crippen LogP contribution is -2.36. The Morgan fingerprint density at radius 3 is 2.58 bits per heavy atom. The van der Waals surface area contributed by atoms with Crippen molar-refractivity contribution in [3.8, 4) is 5.75 Å². The molecule has 0 saturated carbocycles. The Balaban J connectivity index is 1.51. The summed E-state index contributed by atoms with van der Waals surface area (Å²) >= 11 is 0. The molecule has 2 atom stereocenters. The summed E-state index contributed by atoms with van der Waals surface area (Å²) in [4.78, 5) is 38.2. The van der Waals surface area contributed by atoms with Crippen LogP contribution in [0.2, 0.25) is 0 Å². The van der Waals surface area contributed by atoms with Gasteiger partial charge < -0.3 is 25.4 Å². The minimum Gasteiger partial charge on any atom is -0.484 e. The Kier molecular flexibility index (Phi) is 7.25. The molecule has 0 bridgehead atoms. The molecule has 1 fully saturated rings. The minimum absolute atomic E-state index is 0.128. The van der Waals surface area contributed by atoms with Crippen LogP contribution in [-0.4, -0.2) is 48.6 Å². The van der Waals surface area contributed by atoms with Gasteiger partial charge in [-0.25, -0.2) is 0 Å². The average Bonchev–Trinajstić information content (AvgIpc) is 3.14. The average molecular weight is 425 g/mol. The summed E-state index contributed by atoms with van der Waals surface area (Å²) in [5.41, 5.74) is 2.37. The maximum absolute atomic E-state index is 12.3. The SMILES string of the molecule is Cc1ccccc1NC(=O)COc1ccc(N2C[C@H](C(=O)NC[C@@H](C)O)CC2=O)cc1. The van der Waals surface area contributed by atoms with Crippen molar-refractivity contribution in [1.29, 1.82) is 0 Å². The highest BCUT2D eigenvalue weighted by atomic mass is 16.5. The van der Waals surface area contributed by atoms with Gasteiger partial charge in [0.1, 0.15) is 5.75 Å². The molecule has 1 aliphatic heterocycles. The highest BCUT2D eigenvalue weighted by molar-refractivity contribution is 6.00. The van der Waals surface area contributed by atoms with Crippen LogP contribution in [0.3, 0.4) is 0 Å². The van der Waals surface area contributed by atoms with E-state index < -0.39 is 12.0 Å². The molecule has 0 aliphatic carbocycles. The van der Waals surface area contributed by atoms with E-state index in [2.05, 4.69) is 10.6 Å². The molecule has 0 spiro atoms. The molecule has 31 heavy (non-hydrogen) atoms. The molecule has 0 radical (unpaired) electrons. The maximum Gasteiger partial charge on any atom is 0.262 e. The summed E-state index contributed by atoms with van der Waals surface area (Å²) in [5.74, 6) is -0.590. The summed E-state index contributed by atoms with van der Waals surface area (Å²) in [6, 6.07) is 14.3. The zero-order valence-corrected chi connectivity index (χ0v) is 17.6. The number of aliphatic hydroxyl groups excluding tert-OH is 1. The fourth-order valence-electron chi connectivity index (χ4n) is 3.30. The second-order valence-electron chi connectivity index (χ2n) is 7.65. The number of nitrogens with one attached hydrogen (secondary N) is 2. The van der Waals surface area contributed by atoms with Crippen LogP contribution in [-0.2, 0) is 14.4 Å². The molecule has 3 amide bonds. The first kappa shape index (κ1) is 22.3. The Labute approximate surface area is 181 Å². The van der Waals surface area contributed by atoms with Gasteiger partial charge in [0.2, 0.25) is 11.8 Å². The predicted octanol–water partition coefficient (Wildman–Crippen LogP) is 1.86. The predicted molar refractivity (Wildman–Crippen MR) is 117 cm³/mol. The van der Waals surface area contributed by atoms with Gasteiger partial charge in [0, 0.05) is 30.9 Å². The highest BCUT2D eigenvalue weighted by Crippen LogP contribution is 2.27. The Morgan fingerprint density at radius 2 is 1.90 bits per heavy atom. The fraction of sp³-hybridized carbons (Fsp3) is 0.348. The van der Waals surface area contributed by atoms with Gasteiger partial charge in [0.25, 0.3) is 5.91 Å². The number of para-hydroxylation sites is 1. The standard InChI is InChI=1S/C23H27N3O5/c1-15-5-3-4-6-20(15)25-21(28)14-31-19-9-7-18(8-10-19)26-13-17(11-22(26)29)23(30)24-12-16(2)27/h3-10,16-17,27H,11-14H2,1-2H3,(H,24,30)(H,25,28)/t16-,17-/m1/s1. The van der Waals surface area contributed by atoms with Crippen LogP contribution in [0.25, 0.3) is 0 Å². The summed E-state index contributed by atoms with van der Waals surface area (Å²) in [6.07, 6.45) is -0.508. The number of nitrogens with zero attached hydrogens (tertiary/aromatic N) is 1. The van der Waals surface area contributed by atoms with Gasteiger partial charge in [-0.2, -0.15) is 0 Å². The molecule has 3 rings (SSSR count). The number of aliphatic hydroxyl groups is 1. The number of amides is 3. The summed E-state index contributed by atoms with van der Waals surface area (Å²) in [6.45, 7) is 3.80. The van der Waals surface area contributed by atoms with Crippen LogP contribution in [0.1, 0.15) is 18.9 Å². The number of hydrogen-bond acceptors (Lipinski definition) is 5. The van der Waals surface area contributed by atoms with E-state index in [1.54, 1.807) is 36.1 Å². The lowest BCUT2D eigenvalue weighted by molar-refractivity contribution is -0.126. The molecule has 164 valence electrons. The van der Waals surface area contributed by atoms with E-state index in [1.165, 1.54) is 0 Å². The fourth-order valence-corrected chi connectivity index (χ4v) is 3.30. The van der Waals surface area contributed by atoms with Crippen LogP contribution in [0.4, 0.5) is 11.4 Å². The number of rotatable bonds is 8. The molecule has 3 N–H and O–H groups in total. The van der Waals surface area contributed by atoms with Gasteiger partial charge >= 0.3 is 0 Å². The van der Waals surface area contributed by atoms with Gasteiger partial charge in [-0.3, -0.25) is 14.4 Å². The lowest BCUT2D eigenvalue weighted by Gasteiger charge is -2.17. The number of hydrogen-bond donors (Lipinski definition) is 3. The molecule has 1 heterocycles. The number of anilines is 2. The molecule has 0 unspecified atom stereocenters. The number of aryl methyl sites for hydroxylation is 1. The summed E-state index contributed by atoms with van der Waals surface area (Å²) < 4.78 is 5.53. The van der Waals surface area contributed by atoms with Crippen molar-refractivity contribution in [2.45, 2.75) is 26.4 Å². The van der Waals surface area contributed by atoms with Gasteiger partial charge in [-0.1, -0.05) is 18.2 Å². The lowest BCUT2D eigenvalue weighted by atomic mass is 10.1. The van der Waals surface area contributed by atoms with Crippen LogP contribution < -0.4 is 20.3 Å². The monoisotopic (exact) mass is 425 g/mol. The topological polar surface area (TPSA) is 108 Å². The quantitative estimate of drug-likeness (QED) is 0.598. The Hall–Kier alpha value is -3.39. The summed E-state index contributed by atoms with van der Waals surface area (Å²) in [5, 5.41) is 14.7. The van der Waals surface area contributed by atoms with Crippen molar-refractivity contribution in [2.75, 3.05) is 29.9 Å². The van der Waals surface area contributed by atoms with E-state index in [0.29, 0.717) is 11.4 Å². The summed E-state index contributed by atoms with van der Waals surface area (Å²) in [7, 11) is 0. The van der Waals surface area contributed by atoms with Crippen molar-refractivity contribution >= 4 is 29.1 Å². The third-order valence-electron chi connectivity index (χ3n) is 5.01.